The molecule has 3 N–H and O–H groups in total. The molecule has 16 heavy (non-hydrogen) atoms. The molecule has 0 saturated carbocycles. The molecule has 1 rings (SSSR count). The van der Waals surface area contributed by atoms with Gasteiger partial charge in [0.1, 0.15) is 6.04 Å². The molecule has 0 aliphatic carbocycles. The van der Waals surface area contributed by atoms with Crippen molar-refractivity contribution in [3.63, 3.8) is 0 Å². The van der Waals surface area contributed by atoms with Crippen molar-refractivity contribution in [2.75, 3.05) is 6.54 Å². The minimum absolute atomic E-state index is 0.0829. The number of hydrogen-bond donors (Lipinski definition) is 3. The van der Waals surface area contributed by atoms with E-state index in [-0.39, 0.29) is 18.4 Å². The molecule has 1 aliphatic heterocycles. The lowest BCUT2D eigenvalue weighted by molar-refractivity contribution is -0.126. The van der Waals surface area contributed by atoms with Gasteiger partial charge in [-0.1, -0.05) is 13.3 Å². The van der Waals surface area contributed by atoms with E-state index in [2.05, 4.69) is 10.6 Å². The zero-order chi connectivity index (χ0) is 12.2. The lowest BCUT2D eigenvalue weighted by Gasteiger charge is -2.23. The Labute approximate surface area is 95.6 Å². The first-order valence-electron chi connectivity index (χ1n) is 5.74. The molecule has 1 unspecified atom stereocenters. The average molecular weight is 228 g/mol. The fraction of sp³-hybridized carbons (Fsp3) is 0.818. The third kappa shape index (κ3) is 3.81. The third-order valence-electron chi connectivity index (χ3n) is 2.74. The van der Waals surface area contributed by atoms with Gasteiger partial charge in [-0.25, -0.2) is 0 Å². The lowest BCUT2D eigenvalue weighted by atomic mass is 10.0. The van der Waals surface area contributed by atoms with Gasteiger partial charge in [-0.2, -0.15) is 0 Å². The van der Waals surface area contributed by atoms with Crippen molar-refractivity contribution in [2.45, 2.75) is 51.2 Å². The van der Waals surface area contributed by atoms with Crippen LogP contribution in [0.15, 0.2) is 0 Å². The standard InChI is InChI=1S/C11H20N2O3/c1-3-6-11(2,16)7-12-10(15)8-4-5-9(14)13-8/h8,16H,3-7H2,1-2H3,(H,12,15)(H,13,14)/t8-,11?/m1/s1. The Bertz CT molecular complexity index is 276. The number of carbonyl (C=O) groups excluding carboxylic acids is 2. The van der Waals surface area contributed by atoms with E-state index in [4.69, 9.17) is 0 Å². The van der Waals surface area contributed by atoms with Gasteiger partial charge in [0.05, 0.1) is 5.60 Å². The van der Waals surface area contributed by atoms with Crippen molar-refractivity contribution in [2.24, 2.45) is 0 Å². The van der Waals surface area contributed by atoms with E-state index in [9.17, 15) is 14.7 Å². The maximum absolute atomic E-state index is 11.6. The Morgan fingerprint density at radius 3 is 2.88 bits per heavy atom. The molecule has 0 radical (unpaired) electrons. The van der Waals surface area contributed by atoms with Gasteiger partial charge < -0.3 is 15.7 Å². The van der Waals surface area contributed by atoms with E-state index in [1.807, 2.05) is 6.92 Å². The summed E-state index contributed by atoms with van der Waals surface area (Å²) in [6.07, 6.45) is 2.46. The number of aliphatic hydroxyl groups is 1. The van der Waals surface area contributed by atoms with Crippen LogP contribution < -0.4 is 10.6 Å². The molecule has 1 heterocycles. The molecule has 0 bridgehead atoms. The van der Waals surface area contributed by atoms with Crippen LogP contribution in [0.1, 0.15) is 39.5 Å². The van der Waals surface area contributed by atoms with Crippen LogP contribution >= 0.6 is 0 Å². The fourth-order valence-corrected chi connectivity index (χ4v) is 1.84. The van der Waals surface area contributed by atoms with Crippen LogP contribution in [0.2, 0.25) is 0 Å². The van der Waals surface area contributed by atoms with Gasteiger partial charge in [0.15, 0.2) is 0 Å². The molecule has 2 atom stereocenters. The normalized spacial score (nSPS) is 23.7. The van der Waals surface area contributed by atoms with E-state index in [0.29, 0.717) is 19.3 Å². The quantitative estimate of drug-likeness (QED) is 0.616. The Morgan fingerprint density at radius 1 is 1.69 bits per heavy atom. The van der Waals surface area contributed by atoms with Crippen LogP contribution in [-0.4, -0.2) is 35.1 Å². The minimum atomic E-state index is -0.868. The molecule has 0 aromatic heterocycles. The summed E-state index contributed by atoms with van der Waals surface area (Å²) in [5, 5.41) is 15.1. The van der Waals surface area contributed by atoms with Crippen molar-refractivity contribution in [3.8, 4) is 0 Å². The minimum Gasteiger partial charge on any atom is -0.388 e. The molecule has 92 valence electrons. The topological polar surface area (TPSA) is 78.4 Å². The van der Waals surface area contributed by atoms with Gasteiger partial charge in [0.2, 0.25) is 11.8 Å². The first-order chi connectivity index (χ1) is 7.44. The van der Waals surface area contributed by atoms with Gasteiger partial charge in [0.25, 0.3) is 0 Å². The predicted octanol–water partition coefficient (Wildman–Crippen LogP) is -0.0677. The number of rotatable bonds is 5. The number of carbonyl (C=O) groups is 2. The summed E-state index contributed by atoms with van der Waals surface area (Å²) in [6.45, 7) is 3.91. The molecule has 2 amide bonds. The lowest BCUT2D eigenvalue weighted by Crippen LogP contribution is -2.47. The molecule has 5 nitrogen and oxygen atoms in total. The Hall–Kier alpha value is -1.10. The summed E-state index contributed by atoms with van der Waals surface area (Å²) >= 11 is 0. The molecule has 0 aromatic rings. The Morgan fingerprint density at radius 2 is 2.38 bits per heavy atom. The van der Waals surface area contributed by atoms with E-state index >= 15 is 0 Å². The van der Waals surface area contributed by atoms with Crippen LogP contribution in [0.25, 0.3) is 0 Å². The van der Waals surface area contributed by atoms with Gasteiger partial charge in [-0.15, -0.1) is 0 Å². The summed E-state index contributed by atoms with van der Waals surface area (Å²) in [5.74, 6) is -0.289. The predicted molar refractivity (Wildman–Crippen MR) is 59.7 cm³/mol. The van der Waals surface area contributed by atoms with Crippen LogP contribution in [-0.2, 0) is 9.59 Å². The van der Waals surface area contributed by atoms with E-state index in [1.54, 1.807) is 6.92 Å². The van der Waals surface area contributed by atoms with Gasteiger partial charge in [-0.05, 0) is 19.8 Å². The maximum Gasteiger partial charge on any atom is 0.242 e. The first kappa shape index (κ1) is 13.0. The highest BCUT2D eigenvalue weighted by atomic mass is 16.3. The number of hydrogen-bond acceptors (Lipinski definition) is 3. The van der Waals surface area contributed by atoms with Crippen molar-refractivity contribution in [1.29, 1.82) is 0 Å². The van der Waals surface area contributed by atoms with Crippen molar-refractivity contribution in [3.05, 3.63) is 0 Å². The second-order valence-corrected chi connectivity index (χ2v) is 4.62. The van der Waals surface area contributed by atoms with Crippen LogP contribution in [0.3, 0.4) is 0 Å². The highest BCUT2D eigenvalue weighted by molar-refractivity contribution is 5.90. The van der Waals surface area contributed by atoms with Crippen molar-refractivity contribution in [1.82, 2.24) is 10.6 Å². The van der Waals surface area contributed by atoms with Crippen molar-refractivity contribution < 1.29 is 14.7 Å². The Balaban J connectivity index is 2.32. The summed E-state index contributed by atoms with van der Waals surface area (Å²) in [4.78, 5) is 22.5. The van der Waals surface area contributed by atoms with E-state index in [0.717, 1.165) is 6.42 Å². The fourth-order valence-electron chi connectivity index (χ4n) is 1.84. The van der Waals surface area contributed by atoms with E-state index in [1.165, 1.54) is 0 Å². The molecule has 1 saturated heterocycles. The van der Waals surface area contributed by atoms with Crippen LogP contribution in [0.4, 0.5) is 0 Å². The molecular formula is C11H20N2O3. The van der Waals surface area contributed by atoms with Crippen molar-refractivity contribution >= 4 is 11.8 Å². The molecule has 1 fully saturated rings. The summed E-state index contributed by atoms with van der Waals surface area (Å²) < 4.78 is 0. The average Bonchev–Trinajstić information content (AvgIpc) is 2.61. The molecule has 1 aliphatic rings. The second-order valence-electron chi connectivity index (χ2n) is 4.62. The molecular weight excluding hydrogens is 208 g/mol. The summed E-state index contributed by atoms with van der Waals surface area (Å²) in [5.41, 5.74) is -0.868. The molecule has 5 heteroatoms. The first-order valence-corrected chi connectivity index (χ1v) is 5.74. The SMILES string of the molecule is CCCC(C)(O)CNC(=O)[C@H]1CCC(=O)N1. The highest BCUT2D eigenvalue weighted by Gasteiger charge is 2.28. The largest absolute Gasteiger partial charge is 0.388 e. The summed E-state index contributed by atoms with van der Waals surface area (Å²) in [7, 11) is 0. The zero-order valence-electron chi connectivity index (χ0n) is 9.88. The number of nitrogens with one attached hydrogen (secondary N) is 2. The highest BCUT2D eigenvalue weighted by Crippen LogP contribution is 2.11. The van der Waals surface area contributed by atoms with E-state index < -0.39 is 11.6 Å². The van der Waals surface area contributed by atoms with Gasteiger partial charge in [0, 0.05) is 13.0 Å². The maximum atomic E-state index is 11.6. The summed E-state index contributed by atoms with van der Waals surface area (Å²) in [6, 6.07) is -0.426. The third-order valence-corrected chi connectivity index (χ3v) is 2.74. The zero-order valence-corrected chi connectivity index (χ0v) is 9.88. The monoisotopic (exact) mass is 228 g/mol. The van der Waals surface area contributed by atoms with Crippen LogP contribution in [0.5, 0.6) is 0 Å². The molecule has 0 spiro atoms. The van der Waals surface area contributed by atoms with Crippen LogP contribution in [0, 0.1) is 0 Å². The Kier molecular flexibility index (Phi) is 4.29. The molecule has 0 aromatic carbocycles. The second kappa shape index (κ2) is 5.30. The smallest absolute Gasteiger partial charge is 0.242 e. The van der Waals surface area contributed by atoms with Gasteiger partial charge >= 0.3 is 0 Å². The number of amides is 2. The van der Waals surface area contributed by atoms with Gasteiger partial charge in [-0.3, -0.25) is 9.59 Å².